The van der Waals surface area contributed by atoms with Gasteiger partial charge in [-0.25, -0.2) is 4.98 Å². The van der Waals surface area contributed by atoms with Gasteiger partial charge in [0.25, 0.3) is 11.5 Å². The summed E-state index contributed by atoms with van der Waals surface area (Å²) in [6, 6.07) is 3.89. The number of aromatic nitrogens is 2. The normalized spacial score (nSPS) is 19.3. The Morgan fingerprint density at radius 2 is 2.23 bits per heavy atom. The molecule has 0 aliphatic carbocycles. The van der Waals surface area contributed by atoms with Crippen molar-refractivity contribution >= 4 is 17.2 Å². The Kier molecular flexibility index (Phi) is 4.67. The van der Waals surface area contributed by atoms with Gasteiger partial charge in [-0.15, -0.1) is 11.3 Å². The Morgan fingerprint density at radius 3 is 2.96 bits per heavy atom. The van der Waals surface area contributed by atoms with Gasteiger partial charge in [0.1, 0.15) is 5.82 Å². The van der Waals surface area contributed by atoms with Gasteiger partial charge in [-0.3, -0.25) is 14.2 Å². The molecule has 0 saturated carbocycles. The van der Waals surface area contributed by atoms with Crippen LogP contribution in [0.2, 0.25) is 0 Å². The average Bonchev–Trinajstić information content (AvgIpc) is 3.15. The Morgan fingerprint density at radius 1 is 1.38 bits per heavy atom. The molecule has 0 unspecified atom stereocenters. The summed E-state index contributed by atoms with van der Waals surface area (Å²) in [4.78, 5) is 35.4. The molecule has 138 valence electrons. The van der Waals surface area contributed by atoms with Gasteiger partial charge in [-0.1, -0.05) is 6.07 Å². The lowest BCUT2D eigenvalue weighted by atomic mass is 10.0. The standard InChI is InChI=1S/C19H24N4O2S/c1-21(2)11-13-5-3-7-17-20-15-8-9-22(12-14(15)18(24)23(13)17)19(25)16-6-4-10-26-16/h4,6,10,13H,3,5,7-9,11-12H2,1-2H3/t13-/m1/s1. The number of carbonyl (C=O) groups excluding carboxylic acids is 1. The van der Waals surface area contributed by atoms with Crippen molar-refractivity contribution in [3.05, 3.63) is 49.8 Å². The van der Waals surface area contributed by atoms with Crippen molar-refractivity contribution in [1.82, 2.24) is 19.4 Å². The van der Waals surface area contributed by atoms with Crippen LogP contribution in [0.25, 0.3) is 0 Å². The number of hydrogen-bond donors (Lipinski definition) is 0. The van der Waals surface area contributed by atoms with Gasteiger partial charge in [-0.2, -0.15) is 0 Å². The SMILES string of the molecule is CN(C)C[C@H]1CCCc2nc3c(c(=O)n21)CN(C(=O)c1cccs1)CC3. The van der Waals surface area contributed by atoms with Crippen LogP contribution in [0.5, 0.6) is 0 Å². The first-order chi connectivity index (χ1) is 12.5. The monoisotopic (exact) mass is 372 g/mol. The maximum Gasteiger partial charge on any atom is 0.264 e. The fourth-order valence-electron chi connectivity index (χ4n) is 4.04. The van der Waals surface area contributed by atoms with Crippen molar-refractivity contribution in [2.75, 3.05) is 27.2 Å². The summed E-state index contributed by atoms with van der Waals surface area (Å²) in [6.07, 6.45) is 3.61. The predicted molar refractivity (Wildman–Crippen MR) is 102 cm³/mol. The van der Waals surface area contributed by atoms with E-state index in [-0.39, 0.29) is 17.5 Å². The van der Waals surface area contributed by atoms with Crippen molar-refractivity contribution in [2.45, 2.75) is 38.3 Å². The van der Waals surface area contributed by atoms with Crippen LogP contribution >= 0.6 is 11.3 Å². The second-order valence-corrected chi connectivity index (χ2v) is 8.34. The van der Waals surface area contributed by atoms with Crippen LogP contribution in [0.3, 0.4) is 0 Å². The maximum atomic E-state index is 13.3. The van der Waals surface area contributed by atoms with E-state index < -0.39 is 0 Å². The fourth-order valence-corrected chi connectivity index (χ4v) is 4.73. The molecule has 0 radical (unpaired) electrons. The highest BCUT2D eigenvalue weighted by Gasteiger charge is 2.30. The van der Waals surface area contributed by atoms with Crippen LogP contribution in [0, 0.1) is 0 Å². The van der Waals surface area contributed by atoms with Crippen LogP contribution in [-0.2, 0) is 19.4 Å². The van der Waals surface area contributed by atoms with Gasteiger partial charge in [0.15, 0.2) is 0 Å². The largest absolute Gasteiger partial charge is 0.333 e. The quantitative estimate of drug-likeness (QED) is 0.826. The third-order valence-corrected chi connectivity index (χ3v) is 6.09. The molecule has 0 N–H and O–H groups in total. The molecular formula is C19H24N4O2S. The van der Waals surface area contributed by atoms with Crippen molar-refractivity contribution in [2.24, 2.45) is 0 Å². The molecular weight excluding hydrogens is 348 g/mol. The van der Waals surface area contributed by atoms with Gasteiger partial charge < -0.3 is 9.80 Å². The first-order valence-corrected chi connectivity index (χ1v) is 10.0. The highest BCUT2D eigenvalue weighted by Crippen LogP contribution is 2.25. The van der Waals surface area contributed by atoms with E-state index in [9.17, 15) is 9.59 Å². The van der Waals surface area contributed by atoms with Crippen molar-refractivity contribution in [1.29, 1.82) is 0 Å². The molecule has 2 aliphatic rings. The third-order valence-electron chi connectivity index (χ3n) is 5.23. The molecule has 2 aliphatic heterocycles. The average molecular weight is 372 g/mol. The van der Waals surface area contributed by atoms with E-state index in [1.165, 1.54) is 11.3 Å². The van der Waals surface area contributed by atoms with Gasteiger partial charge in [0.2, 0.25) is 0 Å². The van der Waals surface area contributed by atoms with Crippen LogP contribution in [-0.4, -0.2) is 52.4 Å². The molecule has 1 amide bonds. The zero-order chi connectivity index (χ0) is 18.3. The molecule has 0 aromatic carbocycles. The van der Waals surface area contributed by atoms with E-state index in [1.54, 1.807) is 4.90 Å². The maximum absolute atomic E-state index is 13.3. The van der Waals surface area contributed by atoms with E-state index in [1.807, 2.05) is 36.2 Å². The van der Waals surface area contributed by atoms with E-state index in [0.29, 0.717) is 25.1 Å². The number of hydrogen-bond acceptors (Lipinski definition) is 5. The second-order valence-electron chi connectivity index (χ2n) is 7.39. The Bertz CT molecular complexity index is 872. The first kappa shape index (κ1) is 17.4. The second kappa shape index (κ2) is 6.96. The molecule has 4 heterocycles. The number of fused-ring (bicyclic) bond motifs is 2. The van der Waals surface area contributed by atoms with E-state index in [4.69, 9.17) is 4.98 Å². The van der Waals surface area contributed by atoms with Crippen molar-refractivity contribution in [3.63, 3.8) is 0 Å². The number of amides is 1. The fraction of sp³-hybridized carbons (Fsp3) is 0.526. The summed E-state index contributed by atoms with van der Waals surface area (Å²) < 4.78 is 1.90. The Balaban J connectivity index is 1.68. The molecule has 4 rings (SSSR count). The summed E-state index contributed by atoms with van der Waals surface area (Å²) in [5.41, 5.74) is 1.65. The number of carbonyl (C=O) groups is 1. The van der Waals surface area contributed by atoms with Crippen molar-refractivity contribution in [3.8, 4) is 0 Å². The van der Waals surface area contributed by atoms with Gasteiger partial charge in [-0.05, 0) is 38.4 Å². The summed E-state index contributed by atoms with van der Waals surface area (Å²) in [5, 5.41) is 1.91. The molecule has 7 heteroatoms. The molecule has 6 nitrogen and oxygen atoms in total. The lowest BCUT2D eigenvalue weighted by Gasteiger charge is -2.33. The molecule has 0 bridgehead atoms. The Hall–Kier alpha value is -1.99. The lowest BCUT2D eigenvalue weighted by Crippen LogP contribution is -2.44. The summed E-state index contributed by atoms with van der Waals surface area (Å²) in [7, 11) is 4.07. The Labute approximate surface area is 157 Å². The highest BCUT2D eigenvalue weighted by atomic mass is 32.1. The molecule has 0 spiro atoms. The molecule has 0 fully saturated rings. The summed E-state index contributed by atoms with van der Waals surface area (Å²) in [6.45, 7) is 1.83. The van der Waals surface area contributed by atoms with Crippen LogP contribution in [0.15, 0.2) is 22.3 Å². The van der Waals surface area contributed by atoms with Crippen LogP contribution in [0.4, 0.5) is 0 Å². The molecule has 2 aromatic heterocycles. The van der Waals surface area contributed by atoms with Gasteiger partial charge in [0, 0.05) is 25.9 Å². The van der Waals surface area contributed by atoms with Gasteiger partial charge in [0.05, 0.1) is 28.7 Å². The predicted octanol–water partition coefficient (Wildman–Crippen LogP) is 1.94. The minimum Gasteiger partial charge on any atom is -0.333 e. The molecule has 1 atom stereocenters. The third kappa shape index (κ3) is 3.10. The number of rotatable bonds is 3. The van der Waals surface area contributed by atoms with E-state index in [0.717, 1.165) is 42.2 Å². The number of aryl methyl sites for hydroxylation is 1. The summed E-state index contributed by atoms with van der Waals surface area (Å²) >= 11 is 1.44. The zero-order valence-corrected chi connectivity index (χ0v) is 16.1. The lowest BCUT2D eigenvalue weighted by molar-refractivity contribution is 0.0736. The zero-order valence-electron chi connectivity index (χ0n) is 15.3. The minimum absolute atomic E-state index is 0.0117. The number of nitrogens with zero attached hydrogens (tertiary/aromatic N) is 4. The first-order valence-electron chi connectivity index (χ1n) is 9.15. The highest BCUT2D eigenvalue weighted by molar-refractivity contribution is 7.12. The van der Waals surface area contributed by atoms with Crippen LogP contribution in [0.1, 0.15) is 45.6 Å². The van der Waals surface area contributed by atoms with E-state index >= 15 is 0 Å². The van der Waals surface area contributed by atoms with E-state index in [2.05, 4.69) is 4.90 Å². The number of thiophene rings is 1. The number of likely N-dealkylation sites (N-methyl/N-ethyl adjacent to an activating group) is 1. The molecule has 2 aromatic rings. The smallest absolute Gasteiger partial charge is 0.264 e. The molecule has 0 saturated heterocycles. The van der Waals surface area contributed by atoms with Gasteiger partial charge >= 0.3 is 0 Å². The van der Waals surface area contributed by atoms with Crippen molar-refractivity contribution < 1.29 is 4.79 Å². The summed E-state index contributed by atoms with van der Waals surface area (Å²) in [5.74, 6) is 0.933. The molecule has 26 heavy (non-hydrogen) atoms. The van der Waals surface area contributed by atoms with Crippen LogP contribution < -0.4 is 5.56 Å². The topological polar surface area (TPSA) is 58.4 Å². The minimum atomic E-state index is 0.0117.